The number of hydrogen-bond acceptors (Lipinski definition) is 3. The molecule has 0 saturated carbocycles. The van der Waals surface area contributed by atoms with E-state index in [9.17, 15) is 9.59 Å². The van der Waals surface area contributed by atoms with Gasteiger partial charge in [-0.25, -0.2) is 0 Å². The standard InChI is InChI=1S/C26H24N2O3/c1-3-31-23-13-11-22(12-14-23)28(26(30)19-7-5-4-6-8-19)17-21-16-20-10-9-18(2)15-24(20)27-25(21)29/h4-16H,3,17H2,1-2H3,(H,27,29). The first kappa shape index (κ1) is 20.4. The lowest BCUT2D eigenvalue weighted by molar-refractivity contribution is 0.0985. The Bertz CT molecular complexity index is 1260. The van der Waals surface area contributed by atoms with Crippen molar-refractivity contribution in [2.75, 3.05) is 11.5 Å². The van der Waals surface area contributed by atoms with E-state index >= 15 is 0 Å². The van der Waals surface area contributed by atoms with Gasteiger partial charge >= 0.3 is 0 Å². The molecule has 0 atom stereocenters. The maximum absolute atomic E-state index is 13.4. The Morgan fingerprint density at radius 1 is 0.968 bits per heavy atom. The van der Waals surface area contributed by atoms with Gasteiger partial charge in [0.25, 0.3) is 11.5 Å². The second-order valence-corrected chi connectivity index (χ2v) is 7.40. The van der Waals surface area contributed by atoms with Crippen molar-refractivity contribution in [1.82, 2.24) is 4.98 Å². The molecule has 0 saturated heterocycles. The monoisotopic (exact) mass is 412 g/mol. The van der Waals surface area contributed by atoms with Crippen LogP contribution in [0.4, 0.5) is 5.69 Å². The van der Waals surface area contributed by atoms with Gasteiger partial charge in [0.05, 0.1) is 13.2 Å². The number of aromatic amines is 1. The largest absolute Gasteiger partial charge is 0.494 e. The van der Waals surface area contributed by atoms with Crippen molar-refractivity contribution in [1.29, 1.82) is 0 Å². The van der Waals surface area contributed by atoms with Gasteiger partial charge in [-0.2, -0.15) is 0 Å². The van der Waals surface area contributed by atoms with Crippen LogP contribution < -0.4 is 15.2 Å². The Morgan fingerprint density at radius 3 is 2.42 bits per heavy atom. The van der Waals surface area contributed by atoms with Crippen molar-refractivity contribution in [3.63, 3.8) is 0 Å². The SMILES string of the molecule is CCOc1ccc(N(Cc2cc3ccc(C)cc3[nH]c2=O)C(=O)c2ccccc2)cc1. The molecule has 4 rings (SSSR count). The molecule has 1 amide bonds. The van der Waals surface area contributed by atoms with Crippen LogP contribution in [-0.4, -0.2) is 17.5 Å². The van der Waals surface area contributed by atoms with Crippen LogP contribution in [0.15, 0.2) is 83.7 Å². The van der Waals surface area contributed by atoms with Gasteiger partial charge in [-0.1, -0.05) is 30.3 Å². The highest BCUT2D eigenvalue weighted by molar-refractivity contribution is 6.06. The van der Waals surface area contributed by atoms with Crippen LogP contribution in [0.2, 0.25) is 0 Å². The van der Waals surface area contributed by atoms with Crippen molar-refractivity contribution >= 4 is 22.5 Å². The molecule has 0 fully saturated rings. The van der Waals surface area contributed by atoms with Crippen LogP contribution in [-0.2, 0) is 6.54 Å². The van der Waals surface area contributed by atoms with E-state index in [1.807, 2.05) is 80.6 Å². The van der Waals surface area contributed by atoms with Crippen molar-refractivity contribution < 1.29 is 9.53 Å². The molecule has 5 heteroatoms. The second-order valence-electron chi connectivity index (χ2n) is 7.40. The third-order valence-corrected chi connectivity index (χ3v) is 5.13. The molecule has 3 aromatic carbocycles. The predicted octanol–water partition coefficient (Wildman–Crippen LogP) is 5.08. The number of aryl methyl sites for hydroxylation is 1. The smallest absolute Gasteiger partial charge is 0.258 e. The molecule has 1 aromatic heterocycles. The Labute approximate surface area is 180 Å². The summed E-state index contributed by atoms with van der Waals surface area (Å²) in [6.07, 6.45) is 0. The molecule has 1 N–H and O–H groups in total. The molecule has 0 spiro atoms. The zero-order valence-corrected chi connectivity index (χ0v) is 17.6. The van der Waals surface area contributed by atoms with Gasteiger partial charge < -0.3 is 14.6 Å². The minimum Gasteiger partial charge on any atom is -0.494 e. The number of pyridine rings is 1. The van der Waals surface area contributed by atoms with Crippen LogP contribution in [0.25, 0.3) is 10.9 Å². The first-order chi connectivity index (χ1) is 15.0. The number of ether oxygens (including phenoxy) is 1. The number of aromatic nitrogens is 1. The molecule has 1 heterocycles. The highest BCUT2D eigenvalue weighted by Gasteiger charge is 2.20. The quantitative estimate of drug-likeness (QED) is 0.480. The van der Waals surface area contributed by atoms with Crippen LogP contribution in [0.5, 0.6) is 5.75 Å². The average molecular weight is 412 g/mol. The zero-order valence-electron chi connectivity index (χ0n) is 17.6. The zero-order chi connectivity index (χ0) is 21.8. The molecule has 0 radical (unpaired) electrons. The normalized spacial score (nSPS) is 10.8. The molecule has 0 unspecified atom stereocenters. The minimum absolute atomic E-state index is 0.154. The molecule has 156 valence electrons. The summed E-state index contributed by atoms with van der Waals surface area (Å²) in [6, 6.07) is 24.2. The van der Waals surface area contributed by atoms with Gasteiger partial charge in [0.2, 0.25) is 0 Å². The third kappa shape index (κ3) is 4.51. The number of hydrogen-bond donors (Lipinski definition) is 1. The second kappa shape index (κ2) is 8.88. The number of H-pyrrole nitrogens is 1. The lowest BCUT2D eigenvalue weighted by atomic mass is 10.1. The first-order valence-corrected chi connectivity index (χ1v) is 10.3. The maximum Gasteiger partial charge on any atom is 0.258 e. The van der Waals surface area contributed by atoms with Crippen LogP contribution in [0.3, 0.4) is 0 Å². The van der Waals surface area contributed by atoms with Crippen molar-refractivity contribution in [3.05, 3.63) is 106 Å². The molecule has 0 aliphatic carbocycles. The van der Waals surface area contributed by atoms with Gasteiger partial charge in [0.1, 0.15) is 5.75 Å². The fourth-order valence-electron chi connectivity index (χ4n) is 3.55. The Kier molecular flexibility index (Phi) is 5.85. The van der Waals surface area contributed by atoms with E-state index in [-0.39, 0.29) is 18.0 Å². The first-order valence-electron chi connectivity index (χ1n) is 10.3. The van der Waals surface area contributed by atoms with E-state index in [1.165, 1.54) is 0 Å². The number of carbonyl (C=O) groups excluding carboxylic acids is 1. The molecule has 4 aromatic rings. The highest BCUT2D eigenvalue weighted by Crippen LogP contribution is 2.24. The number of amides is 1. The van der Waals surface area contributed by atoms with Gasteiger partial charge in [-0.05, 0) is 73.3 Å². The summed E-state index contributed by atoms with van der Waals surface area (Å²) in [4.78, 5) is 30.7. The summed E-state index contributed by atoms with van der Waals surface area (Å²) in [7, 11) is 0. The fourth-order valence-corrected chi connectivity index (χ4v) is 3.55. The molecule has 0 aliphatic rings. The molecule has 5 nitrogen and oxygen atoms in total. The topological polar surface area (TPSA) is 62.4 Å². The third-order valence-electron chi connectivity index (χ3n) is 5.13. The lowest BCUT2D eigenvalue weighted by Crippen LogP contribution is -2.32. The van der Waals surface area contributed by atoms with Gasteiger partial charge in [-0.15, -0.1) is 0 Å². The van der Waals surface area contributed by atoms with Gasteiger partial charge in [0.15, 0.2) is 0 Å². The van der Waals surface area contributed by atoms with Gasteiger partial charge in [0, 0.05) is 22.3 Å². The van der Waals surface area contributed by atoms with E-state index in [0.29, 0.717) is 23.4 Å². The van der Waals surface area contributed by atoms with Crippen molar-refractivity contribution in [2.24, 2.45) is 0 Å². The number of fused-ring (bicyclic) bond motifs is 1. The number of rotatable bonds is 6. The van der Waals surface area contributed by atoms with Crippen molar-refractivity contribution in [3.8, 4) is 5.75 Å². The minimum atomic E-state index is -0.199. The highest BCUT2D eigenvalue weighted by atomic mass is 16.5. The summed E-state index contributed by atoms with van der Waals surface area (Å²) in [5.74, 6) is 0.561. The van der Waals surface area contributed by atoms with Gasteiger partial charge in [-0.3, -0.25) is 9.59 Å². The van der Waals surface area contributed by atoms with Crippen LogP contribution in [0.1, 0.15) is 28.4 Å². The number of carbonyl (C=O) groups is 1. The van der Waals surface area contributed by atoms with E-state index in [2.05, 4.69) is 4.98 Å². The maximum atomic E-state index is 13.4. The van der Waals surface area contributed by atoms with Crippen LogP contribution in [0, 0.1) is 6.92 Å². The molecule has 0 bridgehead atoms. The fraction of sp³-hybridized carbons (Fsp3) is 0.154. The summed E-state index contributed by atoms with van der Waals surface area (Å²) < 4.78 is 5.52. The summed E-state index contributed by atoms with van der Waals surface area (Å²) in [5, 5.41) is 0.930. The number of nitrogens with one attached hydrogen (secondary N) is 1. The lowest BCUT2D eigenvalue weighted by Gasteiger charge is -2.23. The number of anilines is 1. The van der Waals surface area contributed by atoms with Crippen LogP contribution >= 0.6 is 0 Å². The molecule has 0 aliphatic heterocycles. The number of benzene rings is 3. The van der Waals surface area contributed by atoms with E-state index in [0.717, 1.165) is 22.2 Å². The Balaban J connectivity index is 1.74. The molecular formula is C26H24N2O3. The summed E-state index contributed by atoms with van der Waals surface area (Å²) in [6.45, 7) is 4.63. The predicted molar refractivity (Wildman–Crippen MR) is 124 cm³/mol. The molecule has 31 heavy (non-hydrogen) atoms. The average Bonchev–Trinajstić information content (AvgIpc) is 2.79. The van der Waals surface area contributed by atoms with Crippen molar-refractivity contribution in [2.45, 2.75) is 20.4 Å². The van der Waals surface area contributed by atoms with E-state index < -0.39 is 0 Å². The molecular weight excluding hydrogens is 388 g/mol. The Hall–Kier alpha value is -3.86. The van der Waals surface area contributed by atoms with E-state index in [1.54, 1.807) is 17.0 Å². The summed E-state index contributed by atoms with van der Waals surface area (Å²) >= 11 is 0. The summed E-state index contributed by atoms with van der Waals surface area (Å²) in [5.41, 5.74) is 3.44. The van der Waals surface area contributed by atoms with E-state index in [4.69, 9.17) is 4.74 Å². The Morgan fingerprint density at radius 2 is 1.71 bits per heavy atom. The number of nitrogens with zero attached hydrogens (tertiary/aromatic N) is 1.